The molecule has 2 rings (SSSR count). The van der Waals surface area contributed by atoms with Crippen molar-refractivity contribution < 1.29 is 4.74 Å². The second-order valence-corrected chi connectivity index (χ2v) is 5.05. The first-order valence-electron chi connectivity index (χ1n) is 7.29. The van der Waals surface area contributed by atoms with Crippen molar-refractivity contribution in [3.63, 3.8) is 0 Å². The number of nitrogens with zero attached hydrogens (tertiary/aromatic N) is 2. The highest BCUT2D eigenvalue weighted by molar-refractivity contribution is 5.14. The van der Waals surface area contributed by atoms with Gasteiger partial charge in [0.1, 0.15) is 0 Å². The fourth-order valence-electron chi connectivity index (χ4n) is 2.40. The molecule has 1 aromatic heterocycles. The van der Waals surface area contributed by atoms with Gasteiger partial charge in [-0.25, -0.2) is 0 Å². The third-order valence-corrected chi connectivity index (χ3v) is 3.65. The van der Waals surface area contributed by atoms with Crippen LogP contribution < -0.4 is 5.32 Å². The molecule has 1 atom stereocenters. The number of pyridine rings is 1. The van der Waals surface area contributed by atoms with E-state index in [1.165, 1.54) is 5.56 Å². The van der Waals surface area contributed by atoms with E-state index in [0.717, 1.165) is 51.5 Å². The van der Waals surface area contributed by atoms with Gasteiger partial charge < -0.3 is 10.1 Å². The topological polar surface area (TPSA) is 37.4 Å². The zero-order valence-electron chi connectivity index (χ0n) is 12.1. The molecule has 0 spiro atoms. The molecule has 0 bridgehead atoms. The second kappa shape index (κ2) is 7.58. The van der Waals surface area contributed by atoms with Crippen molar-refractivity contribution in [3.05, 3.63) is 29.6 Å². The summed E-state index contributed by atoms with van der Waals surface area (Å²) < 4.78 is 5.53. The molecule has 19 heavy (non-hydrogen) atoms. The quantitative estimate of drug-likeness (QED) is 0.849. The third-order valence-electron chi connectivity index (χ3n) is 3.65. The van der Waals surface area contributed by atoms with Gasteiger partial charge in [0.15, 0.2) is 0 Å². The maximum Gasteiger partial charge on any atom is 0.0622 e. The van der Waals surface area contributed by atoms with Crippen LogP contribution in [0.25, 0.3) is 0 Å². The van der Waals surface area contributed by atoms with Crippen LogP contribution in [-0.4, -0.2) is 42.2 Å². The van der Waals surface area contributed by atoms with Crippen LogP contribution in [0.4, 0.5) is 0 Å². The van der Waals surface area contributed by atoms with E-state index >= 15 is 0 Å². The lowest BCUT2D eigenvalue weighted by Gasteiger charge is -2.34. The molecule has 0 aromatic carbocycles. The first kappa shape index (κ1) is 14.4. The maximum atomic E-state index is 5.53. The SMILES string of the molecule is CCNCc1ccc(CN2CCOCC2CC)nc1. The minimum atomic E-state index is 0.539. The first-order valence-corrected chi connectivity index (χ1v) is 7.29. The molecule has 0 aliphatic carbocycles. The van der Waals surface area contributed by atoms with Crippen LogP contribution in [0, 0.1) is 0 Å². The molecule has 2 heterocycles. The molecule has 1 fully saturated rings. The summed E-state index contributed by atoms with van der Waals surface area (Å²) in [5, 5.41) is 3.31. The lowest BCUT2D eigenvalue weighted by atomic mass is 10.1. The number of aromatic nitrogens is 1. The van der Waals surface area contributed by atoms with Crippen LogP contribution in [0.15, 0.2) is 18.3 Å². The van der Waals surface area contributed by atoms with Crippen molar-refractivity contribution in [2.45, 2.75) is 39.4 Å². The lowest BCUT2D eigenvalue weighted by molar-refractivity contribution is -0.0132. The average Bonchev–Trinajstić information content (AvgIpc) is 2.47. The standard InChI is InChI=1S/C15H25N3O/c1-3-15-12-19-8-7-18(15)11-14-6-5-13(10-17-14)9-16-4-2/h5-6,10,15-16H,3-4,7-9,11-12H2,1-2H3. The summed E-state index contributed by atoms with van der Waals surface area (Å²) in [7, 11) is 0. The van der Waals surface area contributed by atoms with E-state index in [1.54, 1.807) is 0 Å². The molecule has 4 nitrogen and oxygen atoms in total. The van der Waals surface area contributed by atoms with Gasteiger partial charge in [0.05, 0.1) is 18.9 Å². The molecule has 106 valence electrons. The summed E-state index contributed by atoms with van der Waals surface area (Å²) >= 11 is 0. The van der Waals surface area contributed by atoms with Crippen LogP contribution in [0.1, 0.15) is 31.5 Å². The Morgan fingerprint density at radius 1 is 1.42 bits per heavy atom. The largest absolute Gasteiger partial charge is 0.378 e. The summed E-state index contributed by atoms with van der Waals surface area (Å²) in [6, 6.07) is 4.86. The van der Waals surface area contributed by atoms with Gasteiger partial charge in [0, 0.05) is 31.9 Å². The van der Waals surface area contributed by atoms with Gasteiger partial charge in [-0.1, -0.05) is 19.9 Å². The Kier molecular flexibility index (Phi) is 5.76. The molecule has 1 aliphatic rings. The van der Waals surface area contributed by atoms with Crippen molar-refractivity contribution in [1.82, 2.24) is 15.2 Å². The first-order chi connectivity index (χ1) is 9.33. The summed E-state index contributed by atoms with van der Waals surface area (Å²) in [6.45, 7) is 9.88. The lowest BCUT2D eigenvalue weighted by Crippen LogP contribution is -2.44. The maximum absolute atomic E-state index is 5.53. The molecule has 1 aliphatic heterocycles. The highest BCUT2D eigenvalue weighted by Crippen LogP contribution is 2.13. The summed E-state index contributed by atoms with van der Waals surface area (Å²) in [4.78, 5) is 7.05. The normalized spacial score (nSPS) is 20.6. The Balaban J connectivity index is 1.90. The fourth-order valence-corrected chi connectivity index (χ4v) is 2.40. The van der Waals surface area contributed by atoms with Gasteiger partial charge >= 0.3 is 0 Å². The smallest absolute Gasteiger partial charge is 0.0622 e. The molecule has 1 aromatic rings. The van der Waals surface area contributed by atoms with Crippen LogP contribution in [0.2, 0.25) is 0 Å². The highest BCUT2D eigenvalue weighted by Gasteiger charge is 2.21. The number of hydrogen-bond donors (Lipinski definition) is 1. The number of morpholine rings is 1. The Labute approximate surface area is 116 Å². The van der Waals surface area contributed by atoms with E-state index in [0.29, 0.717) is 6.04 Å². The summed E-state index contributed by atoms with van der Waals surface area (Å²) in [5.74, 6) is 0. The van der Waals surface area contributed by atoms with E-state index in [2.05, 4.69) is 41.2 Å². The molecular weight excluding hydrogens is 238 g/mol. The molecular formula is C15H25N3O. The van der Waals surface area contributed by atoms with Crippen molar-refractivity contribution in [2.75, 3.05) is 26.3 Å². The summed E-state index contributed by atoms with van der Waals surface area (Å²) in [5.41, 5.74) is 2.40. The molecule has 0 radical (unpaired) electrons. The molecule has 1 unspecified atom stereocenters. The predicted octanol–water partition coefficient (Wildman–Crippen LogP) is 1.80. The molecule has 1 N–H and O–H groups in total. The van der Waals surface area contributed by atoms with E-state index in [4.69, 9.17) is 4.74 Å². The van der Waals surface area contributed by atoms with E-state index in [-0.39, 0.29) is 0 Å². The number of hydrogen-bond acceptors (Lipinski definition) is 4. The fraction of sp³-hybridized carbons (Fsp3) is 0.667. The molecule has 0 saturated carbocycles. The zero-order chi connectivity index (χ0) is 13.5. The monoisotopic (exact) mass is 263 g/mol. The van der Waals surface area contributed by atoms with Crippen molar-refractivity contribution in [2.24, 2.45) is 0 Å². The Bertz CT molecular complexity index is 366. The molecule has 1 saturated heterocycles. The number of nitrogens with one attached hydrogen (secondary N) is 1. The van der Waals surface area contributed by atoms with Gasteiger partial charge in [0.25, 0.3) is 0 Å². The average molecular weight is 263 g/mol. The molecule has 0 amide bonds. The van der Waals surface area contributed by atoms with Gasteiger partial charge in [-0.05, 0) is 24.6 Å². The number of rotatable bonds is 6. The van der Waals surface area contributed by atoms with Crippen molar-refractivity contribution in [1.29, 1.82) is 0 Å². The van der Waals surface area contributed by atoms with Gasteiger partial charge in [-0.3, -0.25) is 9.88 Å². The Morgan fingerprint density at radius 3 is 3.00 bits per heavy atom. The predicted molar refractivity (Wildman–Crippen MR) is 76.9 cm³/mol. The van der Waals surface area contributed by atoms with Gasteiger partial charge in [0.2, 0.25) is 0 Å². The van der Waals surface area contributed by atoms with E-state index < -0.39 is 0 Å². The third kappa shape index (κ3) is 4.27. The zero-order valence-corrected chi connectivity index (χ0v) is 12.1. The highest BCUT2D eigenvalue weighted by atomic mass is 16.5. The van der Waals surface area contributed by atoms with Crippen LogP contribution >= 0.6 is 0 Å². The Morgan fingerprint density at radius 2 is 2.32 bits per heavy atom. The van der Waals surface area contributed by atoms with Gasteiger partial charge in [-0.2, -0.15) is 0 Å². The van der Waals surface area contributed by atoms with E-state index in [9.17, 15) is 0 Å². The number of ether oxygens (including phenoxy) is 1. The summed E-state index contributed by atoms with van der Waals surface area (Å²) in [6.07, 6.45) is 3.12. The molecule has 4 heteroatoms. The van der Waals surface area contributed by atoms with Crippen LogP contribution in [-0.2, 0) is 17.8 Å². The second-order valence-electron chi connectivity index (χ2n) is 5.05. The minimum absolute atomic E-state index is 0.539. The Hall–Kier alpha value is -0.970. The van der Waals surface area contributed by atoms with E-state index in [1.807, 2.05) is 6.20 Å². The van der Waals surface area contributed by atoms with Crippen LogP contribution in [0.5, 0.6) is 0 Å². The van der Waals surface area contributed by atoms with Crippen molar-refractivity contribution in [3.8, 4) is 0 Å². The van der Waals surface area contributed by atoms with Gasteiger partial charge in [-0.15, -0.1) is 0 Å². The van der Waals surface area contributed by atoms with Crippen molar-refractivity contribution >= 4 is 0 Å². The minimum Gasteiger partial charge on any atom is -0.378 e. The van der Waals surface area contributed by atoms with Crippen LogP contribution in [0.3, 0.4) is 0 Å².